The van der Waals surface area contributed by atoms with Crippen molar-refractivity contribution in [2.45, 2.75) is 38.0 Å². The summed E-state index contributed by atoms with van der Waals surface area (Å²) in [5, 5.41) is 25.1. The first-order valence-electron chi connectivity index (χ1n) is 11.0. The number of aryl methyl sites for hydroxylation is 2. The molecule has 4 rings (SSSR count). The highest BCUT2D eigenvalue weighted by molar-refractivity contribution is 5.97. The van der Waals surface area contributed by atoms with Gasteiger partial charge in [0.2, 0.25) is 5.91 Å². The van der Waals surface area contributed by atoms with Crippen LogP contribution in [0, 0.1) is 13.8 Å². The second-order valence-corrected chi connectivity index (χ2v) is 8.51. The summed E-state index contributed by atoms with van der Waals surface area (Å²) in [4.78, 5) is 27.5. The molecule has 0 radical (unpaired) electrons. The number of amides is 2. The first-order valence-corrected chi connectivity index (χ1v) is 11.0. The smallest absolute Gasteiger partial charge is 0.252 e. The average Bonchev–Trinajstić information content (AvgIpc) is 3.07. The van der Waals surface area contributed by atoms with Crippen molar-refractivity contribution in [3.8, 4) is 0 Å². The summed E-state index contributed by atoms with van der Waals surface area (Å²) in [5.41, 5.74) is 3.88. The number of aliphatic hydroxyl groups excluding tert-OH is 2. The van der Waals surface area contributed by atoms with Crippen LogP contribution < -0.4 is 5.32 Å². The van der Waals surface area contributed by atoms with Gasteiger partial charge in [-0.3, -0.25) is 9.59 Å². The van der Waals surface area contributed by atoms with Gasteiger partial charge in [0, 0.05) is 11.6 Å². The molecule has 1 aliphatic rings. The van der Waals surface area contributed by atoms with E-state index in [-0.39, 0.29) is 12.5 Å². The summed E-state index contributed by atoms with van der Waals surface area (Å²) in [7, 11) is 0. The standard InChI is InChI=1S/C27H28N2O4/c1-17-10-9-11-18(2)23(17)28-21(30)16-29-24(25(31)20-14-7-4-8-15-20)22(26(32)27(29)33)19-12-5-3-6-13-19/h3-15,22,24-26,31-32H,16H2,1-2H3,(H,28,30)/t22-,24-,25?,26+/m1/s1. The Morgan fingerprint density at radius 2 is 1.52 bits per heavy atom. The molecule has 1 saturated heterocycles. The Bertz CT molecular complexity index is 1110. The zero-order valence-corrected chi connectivity index (χ0v) is 18.7. The monoisotopic (exact) mass is 444 g/mol. The maximum absolute atomic E-state index is 13.1. The summed E-state index contributed by atoms with van der Waals surface area (Å²) in [6, 6.07) is 23.1. The van der Waals surface area contributed by atoms with E-state index in [0.29, 0.717) is 11.3 Å². The highest BCUT2D eigenvalue weighted by Gasteiger charge is 2.51. The van der Waals surface area contributed by atoms with Crippen molar-refractivity contribution in [3.05, 3.63) is 101 Å². The molecule has 4 atom stereocenters. The lowest BCUT2D eigenvalue weighted by Gasteiger charge is -2.32. The fraction of sp³-hybridized carbons (Fsp3) is 0.259. The topological polar surface area (TPSA) is 89.9 Å². The summed E-state index contributed by atoms with van der Waals surface area (Å²) >= 11 is 0. The molecule has 0 bridgehead atoms. The van der Waals surface area contributed by atoms with E-state index in [1.54, 1.807) is 24.3 Å². The number of nitrogens with one attached hydrogen (secondary N) is 1. The minimum atomic E-state index is -1.36. The number of benzene rings is 3. The van der Waals surface area contributed by atoms with E-state index >= 15 is 0 Å². The zero-order valence-electron chi connectivity index (χ0n) is 18.7. The number of likely N-dealkylation sites (tertiary alicyclic amines) is 1. The van der Waals surface area contributed by atoms with Crippen LogP contribution in [-0.2, 0) is 9.59 Å². The molecule has 0 saturated carbocycles. The molecule has 3 N–H and O–H groups in total. The Morgan fingerprint density at radius 1 is 0.939 bits per heavy atom. The summed E-state index contributed by atoms with van der Waals surface area (Å²) in [6.45, 7) is 3.53. The number of carbonyl (C=O) groups excluding carboxylic acids is 2. The molecular formula is C27H28N2O4. The van der Waals surface area contributed by atoms with Gasteiger partial charge in [0.15, 0.2) is 0 Å². The van der Waals surface area contributed by atoms with Crippen molar-refractivity contribution in [2.75, 3.05) is 11.9 Å². The van der Waals surface area contributed by atoms with Crippen molar-refractivity contribution in [1.29, 1.82) is 0 Å². The van der Waals surface area contributed by atoms with Crippen LogP contribution in [0.4, 0.5) is 5.69 Å². The van der Waals surface area contributed by atoms with Crippen molar-refractivity contribution < 1.29 is 19.8 Å². The number of hydrogen-bond donors (Lipinski definition) is 3. The van der Waals surface area contributed by atoms with Gasteiger partial charge in [-0.1, -0.05) is 78.9 Å². The highest BCUT2D eigenvalue weighted by Crippen LogP contribution is 2.41. The molecule has 1 heterocycles. The highest BCUT2D eigenvalue weighted by atomic mass is 16.3. The molecule has 3 aromatic rings. The van der Waals surface area contributed by atoms with E-state index in [9.17, 15) is 19.8 Å². The molecule has 0 spiro atoms. The van der Waals surface area contributed by atoms with Crippen LogP contribution in [0.1, 0.15) is 34.3 Å². The number of para-hydroxylation sites is 1. The van der Waals surface area contributed by atoms with E-state index in [0.717, 1.165) is 16.7 Å². The number of aliphatic hydroxyl groups is 2. The van der Waals surface area contributed by atoms with Crippen LogP contribution in [0.5, 0.6) is 0 Å². The quantitative estimate of drug-likeness (QED) is 0.544. The molecule has 3 aromatic carbocycles. The fourth-order valence-corrected chi connectivity index (χ4v) is 4.65. The molecule has 2 amide bonds. The van der Waals surface area contributed by atoms with E-state index in [4.69, 9.17) is 0 Å². The minimum absolute atomic E-state index is 0.276. The van der Waals surface area contributed by atoms with Crippen molar-refractivity contribution in [3.63, 3.8) is 0 Å². The molecule has 6 heteroatoms. The van der Waals surface area contributed by atoms with Crippen LogP contribution >= 0.6 is 0 Å². The first kappa shape index (κ1) is 22.7. The third-order valence-electron chi connectivity index (χ3n) is 6.31. The van der Waals surface area contributed by atoms with Crippen molar-refractivity contribution in [1.82, 2.24) is 4.90 Å². The molecule has 0 aromatic heterocycles. The third-order valence-corrected chi connectivity index (χ3v) is 6.31. The number of rotatable bonds is 6. The van der Waals surface area contributed by atoms with Gasteiger partial charge in [-0.25, -0.2) is 0 Å². The van der Waals surface area contributed by atoms with E-state index in [1.165, 1.54) is 4.90 Å². The van der Waals surface area contributed by atoms with Crippen LogP contribution in [-0.4, -0.2) is 45.6 Å². The summed E-state index contributed by atoms with van der Waals surface area (Å²) in [6.07, 6.45) is -2.44. The largest absolute Gasteiger partial charge is 0.386 e. The second-order valence-electron chi connectivity index (χ2n) is 8.51. The lowest BCUT2D eigenvalue weighted by molar-refractivity contribution is -0.139. The average molecular weight is 445 g/mol. The number of nitrogens with zero attached hydrogens (tertiary/aromatic N) is 1. The summed E-state index contributed by atoms with van der Waals surface area (Å²) < 4.78 is 0. The lowest BCUT2D eigenvalue weighted by atomic mass is 9.85. The second kappa shape index (κ2) is 9.57. The molecule has 33 heavy (non-hydrogen) atoms. The molecule has 170 valence electrons. The Labute approximate surface area is 193 Å². The predicted molar refractivity (Wildman–Crippen MR) is 127 cm³/mol. The summed E-state index contributed by atoms with van der Waals surface area (Å²) in [5.74, 6) is -1.63. The molecule has 1 unspecified atom stereocenters. The third kappa shape index (κ3) is 4.53. The van der Waals surface area contributed by atoms with Gasteiger partial charge in [0.25, 0.3) is 5.91 Å². The Hall–Kier alpha value is -3.48. The molecule has 0 aliphatic carbocycles. The predicted octanol–water partition coefficient (Wildman–Crippen LogP) is 3.33. The van der Waals surface area contributed by atoms with E-state index < -0.39 is 30.1 Å². The van der Waals surface area contributed by atoms with Gasteiger partial charge in [-0.15, -0.1) is 0 Å². The Morgan fingerprint density at radius 3 is 2.12 bits per heavy atom. The van der Waals surface area contributed by atoms with Gasteiger partial charge in [0.05, 0.1) is 6.04 Å². The van der Waals surface area contributed by atoms with Crippen molar-refractivity contribution in [2.24, 2.45) is 0 Å². The SMILES string of the molecule is Cc1cccc(C)c1NC(=O)CN1C(=O)[C@@H](O)[C@H](c2ccccc2)[C@@H]1C(O)c1ccccc1. The van der Waals surface area contributed by atoms with E-state index in [2.05, 4.69) is 5.32 Å². The lowest BCUT2D eigenvalue weighted by Crippen LogP contribution is -2.44. The Balaban J connectivity index is 1.67. The maximum Gasteiger partial charge on any atom is 0.252 e. The van der Waals surface area contributed by atoms with Gasteiger partial charge in [-0.05, 0) is 36.1 Å². The number of anilines is 1. The number of carbonyl (C=O) groups is 2. The molecule has 1 fully saturated rings. The van der Waals surface area contributed by atoms with Gasteiger partial charge < -0.3 is 20.4 Å². The normalized spacial score (nSPS) is 21.2. The fourth-order valence-electron chi connectivity index (χ4n) is 4.65. The zero-order chi connectivity index (χ0) is 23.5. The Kier molecular flexibility index (Phi) is 6.58. The van der Waals surface area contributed by atoms with Crippen LogP contribution in [0.25, 0.3) is 0 Å². The van der Waals surface area contributed by atoms with Crippen LogP contribution in [0.15, 0.2) is 78.9 Å². The molecular weight excluding hydrogens is 416 g/mol. The maximum atomic E-state index is 13.1. The van der Waals surface area contributed by atoms with Gasteiger partial charge in [-0.2, -0.15) is 0 Å². The van der Waals surface area contributed by atoms with Gasteiger partial charge in [0.1, 0.15) is 18.8 Å². The molecule has 6 nitrogen and oxygen atoms in total. The van der Waals surface area contributed by atoms with Gasteiger partial charge >= 0.3 is 0 Å². The van der Waals surface area contributed by atoms with E-state index in [1.807, 2.05) is 68.4 Å². The number of hydrogen-bond acceptors (Lipinski definition) is 4. The van der Waals surface area contributed by atoms with Crippen LogP contribution in [0.3, 0.4) is 0 Å². The van der Waals surface area contributed by atoms with Crippen LogP contribution in [0.2, 0.25) is 0 Å². The minimum Gasteiger partial charge on any atom is -0.386 e. The first-order chi connectivity index (χ1) is 15.9. The molecule has 1 aliphatic heterocycles. The van der Waals surface area contributed by atoms with Crippen molar-refractivity contribution >= 4 is 17.5 Å².